The fraction of sp³-hybridized carbons (Fsp3) is 0.167. The van der Waals surface area contributed by atoms with Gasteiger partial charge in [-0.15, -0.1) is 11.3 Å². The minimum Gasteiger partial charge on any atom is -0.345 e. The van der Waals surface area contributed by atoms with Crippen molar-refractivity contribution < 1.29 is 9.18 Å². The minimum atomic E-state index is -0.319. The molecule has 0 spiro atoms. The zero-order valence-corrected chi connectivity index (χ0v) is 14.1. The van der Waals surface area contributed by atoms with E-state index >= 15 is 0 Å². The maximum Gasteiger partial charge on any atom is 0.263 e. The Kier molecular flexibility index (Phi) is 4.66. The molecule has 0 aliphatic rings. The fourth-order valence-corrected chi connectivity index (χ4v) is 3.27. The number of benzene rings is 1. The molecule has 4 nitrogen and oxygen atoms in total. The van der Waals surface area contributed by atoms with Gasteiger partial charge in [0, 0.05) is 6.20 Å². The first-order chi connectivity index (χ1) is 11.5. The van der Waals surface area contributed by atoms with Crippen LogP contribution in [0.2, 0.25) is 0 Å². The number of thiazole rings is 1. The third-order valence-corrected chi connectivity index (χ3v) is 4.76. The molecule has 122 valence electrons. The number of hydrogen-bond donors (Lipinski definition) is 1. The second kappa shape index (κ2) is 6.88. The maximum atomic E-state index is 13.3. The third kappa shape index (κ3) is 3.49. The number of pyridine rings is 1. The van der Waals surface area contributed by atoms with E-state index in [-0.39, 0.29) is 17.8 Å². The van der Waals surface area contributed by atoms with Gasteiger partial charge in [-0.3, -0.25) is 9.78 Å². The monoisotopic (exact) mass is 341 g/mol. The SMILES string of the molecule is Cc1nc(-c2ccccn2)sc1C(=O)N[C@@H](C)c1cccc(F)c1. The van der Waals surface area contributed by atoms with Crippen LogP contribution >= 0.6 is 11.3 Å². The highest BCUT2D eigenvalue weighted by molar-refractivity contribution is 7.17. The van der Waals surface area contributed by atoms with Crippen molar-refractivity contribution in [1.29, 1.82) is 0 Å². The van der Waals surface area contributed by atoms with Gasteiger partial charge in [-0.2, -0.15) is 0 Å². The summed E-state index contributed by atoms with van der Waals surface area (Å²) in [4.78, 5) is 21.8. The molecule has 0 saturated heterocycles. The molecule has 0 unspecified atom stereocenters. The molecule has 3 rings (SSSR count). The van der Waals surface area contributed by atoms with Gasteiger partial charge in [0.1, 0.15) is 15.7 Å². The van der Waals surface area contributed by atoms with Crippen molar-refractivity contribution in [2.24, 2.45) is 0 Å². The van der Waals surface area contributed by atoms with Crippen LogP contribution in [-0.4, -0.2) is 15.9 Å². The lowest BCUT2D eigenvalue weighted by Crippen LogP contribution is -2.26. The van der Waals surface area contributed by atoms with Gasteiger partial charge in [-0.25, -0.2) is 9.37 Å². The topological polar surface area (TPSA) is 54.9 Å². The predicted octanol–water partition coefficient (Wildman–Crippen LogP) is 4.14. The highest BCUT2D eigenvalue weighted by atomic mass is 32.1. The highest BCUT2D eigenvalue weighted by Gasteiger charge is 2.19. The predicted molar refractivity (Wildman–Crippen MR) is 92.4 cm³/mol. The summed E-state index contributed by atoms with van der Waals surface area (Å²) >= 11 is 1.30. The van der Waals surface area contributed by atoms with Gasteiger partial charge < -0.3 is 5.32 Å². The summed E-state index contributed by atoms with van der Waals surface area (Å²) in [6, 6.07) is 11.5. The van der Waals surface area contributed by atoms with Gasteiger partial charge >= 0.3 is 0 Å². The number of aryl methyl sites for hydroxylation is 1. The van der Waals surface area contributed by atoms with Gasteiger partial charge in [-0.1, -0.05) is 18.2 Å². The van der Waals surface area contributed by atoms with Crippen LogP contribution in [0.5, 0.6) is 0 Å². The fourth-order valence-electron chi connectivity index (χ4n) is 2.33. The van der Waals surface area contributed by atoms with E-state index in [2.05, 4.69) is 15.3 Å². The number of rotatable bonds is 4. The van der Waals surface area contributed by atoms with E-state index in [1.807, 2.05) is 25.1 Å². The molecule has 2 heterocycles. The Morgan fingerprint density at radius 1 is 1.25 bits per heavy atom. The summed E-state index contributed by atoms with van der Waals surface area (Å²) < 4.78 is 13.3. The van der Waals surface area contributed by atoms with Crippen LogP contribution < -0.4 is 5.32 Å². The van der Waals surface area contributed by atoms with E-state index in [1.165, 1.54) is 23.5 Å². The number of nitrogens with one attached hydrogen (secondary N) is 1. The van der Waals surface area contributed by atoms with E-state index in [9.17, 15) is 9.18 Å². The number of carbonyl (C=O) groups is 1. The largest absolute Gasteiger partial charge is 0.345 e. The molecule has 0 aliphatic heterocycles. The molecule has 0 saturated carbocycles. The Labute approximate surface area is 143 Å². The lowest BCUT2D eigenvalue weighted by Gasteiger charge is -2.13. The Balaban J connectivity index is 1.79. The van der Waals surface area contributed by atoms with E-state index in [0.29, 0.717) is 15.6 Å². The molecule has 1 amide bonds. The Hall–Kier alpha value is -2.60. The Morgan fingerprint density at radius 2 is 2.08 bits per heavy atom. The van der Waals surface area contributed by atoms with Gasteiger partial charge in [0.2, 0.25) is 0 Å². The number of amides is 1. The molecular formula is C18H16FN3OS. The number of halogens is 1. The smallest absolute Gasteiger partial charge is 0.263 e. The van der Waals surface area contributed by atoms with Gasteiger partial charge in [0.15, 0.2) is 0 Å². The van der Waals surface area contributed by atoms with Gasteiger partial charge in [-0.05, 0) is 43.7 Å². The zero-order chi connectivity index (χ0) is 17.1. The number of hydrogen-bond acceptors (Lipinski definition) is 4. The molecule has 0 aliphatic carbocycles. The lowest BCUT2D eigenvalue weighted by atomic mass is 10.1. The third-order valence-electron chi connectivity index (χ3n) is 3.58. The van der Waals surface area contributed by atoms with Crippen LogP contribution in [0.25, 0.3) is 10.7 Å². The zero-order valence-electron chi connectivity index (χ0n) is 13.3. The van der Waals surface area contributed by atoms with Crippen LogP contribution in [-0.2, 0) is 0 Å². The molecule has 2 aromatic heterocycles. The summed E-state index contributed by atoms with van der Waals surface area (Å²) in [6.45, 7) is 3.62. The quantitative estimate of drug-likeness (QED) is 0.776. The van der Waals surface area contributed by atoms with Crippen molar-refractivity contribution in [3.8, 4) is 10.7 Å². The molecule has 0 fully saturated rings. The van der Waals surface area contributed by atoms with E-state index < -0.39 is 0 Å². The van der Waals surface area contributed by atoms with Crippen molar-refractivity contribution in [1.82, 2.24) is 15.3 Å². The van der Waals surface area contributed by atoms with Crippen LogP contribution in [0.1, 0.15) is 33.9 Å². The molecule has 6 heteroatoms. The first-order valence-corrected chi connectivity index (χ1v) is 8.31. The van der Waals surface area contributed by atoms with Crippen molar-refractivity contribution in [3.05, 3.63) is 70.6 Å². The summed E-state index contributed by atoms with van der Waals surface area (Å²) in [5.74, 6) is -0.538. The van der Waals surface area contributed by atoms with Crippen LogP contribution in [0, 0.1) is 12.7 Å². The summed E-state index contributed by atoms with van der Waals surface area (Å²) in [7, 11) is 0. The van der Waals surface area contributed by atoms with Crippen LogP contribution in [0.15, 0.2) is 48.7 Å². The maximum absolute atomic E-state index is 13.3. The highest BCUT2D eigenvalue weighted by Crippen LogP contribution is 2.27. The lowest BCUT2D eigenvalue weighted by molar-refractivity contribution is 0.0943. The molecular weight excluding hydrogens is 325 g/mol. The van der Waals surface area contributed by atoms with Gasteiger partial charge in [0.25, 0.3) is 5.91 Å². The Bertz CT molecular complexity index is 864. The van der Waals surface area contributed by atoms with Crippen LogP contribution in [0.4, 0.5) is 4.39 Å². The van der Waals surface area contributed by atoms with Crippen LogP contribution in [0.3, 0.4) is 0 Å². The second-order valence-electron chi connectivity index (χ2n) is 5.40. The molecule has 1 N–H and O–H groups in total. The normalized spacial score (nSPS) is 12.0. The Morgan fingerprint density at radius 3 is 2.79 bits per heavy atom. The van der Waals surface area contributed by atoms with Crippen molar-refractivity contribution in [3.63, 3.8) is 0 Å². The summed E-state index contributed by atoms with van der Waals surface area (Å²) in [5.41, 5.74) is 2.11. The number of carbonyl (C=O) groups excluding carboxylic acids is 1. The minimum absolute atomic E-state index is 0.219. The average Bonchev–Trinajstić information content (AvgIpc) is 2.97. The first kappa shape index (κ1) is 16.3. The van der Waals surface area contributed by atoms with Crippen molar-refractivity contribution in [2.75, 3.05) is 0 Å². The van der Waals surface area contributed by atoms with Crippen molar-refractivity contribution in [2.45, 2.75) is 19.9 Å². The summed E-state index contributed by atoms with van der Waals surface area (Å²) in [6.07, 6.45) is 1.69. The van der Waals surface area contributed by atoms with Crippen molar-refractivity contribution >= 4 is 17.2 Å². The number of aromatic nitrogens is 2. The summed E-state index contributed by atoms with van der Waals surface area (Å²) in [5, 5.41) is 3.59. The van der Waals surface area contributed by atoms with Gasteiger partial charge in [0.05, 0.1) is 17.4 Å². The van der Waals surface area contributed by atoms with E-state index in [4.69, 9.17) is 0 Å². The molecule has 24 heavy (non-hydrogen) atoms. The molecule has 1 atom stereocenters. The molecule has 3 aromatic rings. The first-order valence-electron chi connectivity index (χ1n) is 7.50. The molecule has 0 radical (unpaired) electrons. The second-order valence-corrected chi connectivity index (χ2v) is 6.40. The number of nitrogens with zero attached hydrogens (tertiary/aromatic N) is 2. The molecule has 0 bridgehead atoms. The molecule has 1 aromatic carbocycles. The standard InChI is InChI=1S/C18H16FN3OS/c1-11(13-6-5-7-14(19)10-13)21-17(23)16-12(2)22-18(24-16)15-8-3-4-9-20-15/h3-11H,1-2H3,(H,21,23)/t11-/m0/s1. The van der Waals surface area contributed by atoms with E-state index in [1.54, 1.807) is 25.3 Å². The van der Waals surface area contributed by atoms with E-state index in [0.717, 1.165) is 11.3 Å². The average molecular weight is 341 g/mol.